The molecule has 0 radical (unpaired) electrons. The van der Waals surface area contributed by atoms with Crippen LogP contribution < -0.4 is 0 Å². The number of carbonyl (C=O) groups excluding carboxylic acids is 2. The molecule has 1 aliphatic heterocycles. The van der Waals surface area contributed by atoms with Crippen molar-refractivity contribution >= 4 is 11.8 Å². The van der Waals surface area contributed by atoms with Crippen LogP contribution in [0.4, 0.5) is 0 Å². The maximum Gasteiger partial charge on any atom is 0.307 e. The number of allylic oxidation sites excluding steroid dienone is 1. The molecule has 0 unspecified atom stereocenters. The Hall–Kier alpha value is -1.16. The molecular formula is C29H45NO3. The molecule has 5 rings (SSSR count). The van der Waals surface area contributed by atoms with E-state index in [4.69, 9.17) is 4.74 Å². The van der Waals surface area contributed by atoms with Crippen LogP contribution in [-0.4, -0.2) is 42.4 Å². The number of ketones is 1. The van der Waals surface area contributed by atoms with Crippen LogP contribution in [0.15, 0.2) is 11.6 Å². The molecule has 6 atom stereocenters. The highest BCUT2D eigenvalue weighted by Crippen LogP contribution is 2.64. The fourth-order valence-corrected chi connectivity index (χ4v) is 8.73. The van der Waals surface area contributed by atoms with Crippen LogP contribution in [0.5, 0.6) is 0 Å². The first-order valence-electron chi connectivity index (χ1n) is 13.8. The van der Waals surface area contributed by atoms with E-state index < -0.39 is 0 Å². The maximum atomic E-state index is 12.7. The molecule has 0 bridgehead atoms. The van der Waals surface area contributed by atoms with Crippen molar-refractivity contribution in [1.82, 2.24) is 4.90 Å². The van der Waals surface area contributed by atoms with Crippen LogP contribution in [-0.2, 0) is 14.3 Å². The number of hydrogen-bond donors (Lipinski definition) is 0. The first-order valence-corrected chi connectivity index (χ1v) is 13.8. The van der Waals surface area contributed by atoms with E-state index in [0.717, 1.165) is 64.6 Å². The normalized spacial score (nSPS) is 42.7. The van der Waals surface area contributed by atoms with Gasteiger partial charge in [0.25, 0.3) is 0 Å². The van der Waals surface area contributed by atoms with Crippen molar-refractivity contribution in [3.8, 4) is 0 Å². The molecule has 4 heteroatoms. The summed E-state index contributed by atoms with van der Waals surface area (Å²) >= 11 is 0. The molecule has 1 saturated heterocycles. The SMILES string of the molecule is CC1(C)CCCN(CCC(=O)O[C@@H]2CC[C@@]3(C)C(=CC[C@H]4[C@H]3CC[C@]3(C)C(=O)CC[C@@H]43)C2)C1. The Labute approximate surface area is 200 Å². The summed E-state index contributed by atoms with van der Waals surface area (Å²) in [4.78, 5) is 27.7. The van der Waals surface area contributed by atoms with Crippen molar-refractivity contribution in [1.29, 1.82) is 0 Å². The summed E-state index contributed by atoms with van der Waals surface area (Å²) in [5.41, 5.74) is 2.08. The molecule has 0 spiro atoms. The Morgan fingerprint density at radius 1 is 1.06 bits per heavy atom. The number of esters is 1. The van der Waals surface area contributed by atoms with Crippen LogP contribution in [0.1, 0.15) is 98.3 Å². The molecule has 33 heavy (non-hydrogen) atoms. The average Bonchev–Trinajstić information content (AvgIpc) is 3.06. The molecule has 0 N–H and O–H groups in total. The van der Waals surface area contributed by atoms with Crippen molar-refractivity contribution in [2.24, 2.45) is 34.0 Å². The first kappa shape index (κ1) is 23.6. The monoisotopic (exact) mass is 455 g/mol. The number of fused-ring (bicyclic) bond motifs is 5. The zero-order chi connectivity index (χ0) is 23.4. The van der Waals surface area contributed by atoms with E-state index in [9.17, 15) is 9.59 Å². The number of piperidine rings is 1. The summed E-state index contributed by atoms with van der Waals surface area (Å²) in [7, 11) is 0. The van der Waals surface area contributed by atoms with Crippen molar-refractivity contribution < 1.29 is 14.3 Å². The second-order valence-corrected chi connectivity index (χ2v) is 13.3. The zero-order valence-corrected chi connectivity index (χ0v) is 21.5. The van der Waals surface area contributed by atoms with Crippen LogP contribution in [0, 0.1) is 34.0 Å². The Bertz CT molecular complexity index is 831. The van der Waals surface area contributed by atoms with Gasteiger partial charge < -0.3 is 9.64 Å². The van der Waals surface area contributed by atoms with E-state index in [1.54, 1.807) is 5.57 Å². The minimum atomic E-state index is -0.0564. The van der Waals surface area contributed by atoms with Gasteiger partial charge in [0, 0.05) is 31.3 Å². The van der Waals surface area contributed by atoms with Gasteiger partial charge in [0.1, 0.15) is 11.9 Å². The summed E-state index contributed by atoms with van der Waals surface area (Å²) in [5, 5.41) is 0. The van der Waals surface area contributed by atoms with Gasteiger partial charge in [0.15, 0.2) is 0 Å². The molecule has 4 fully saturated rings. The van der Waals surface area contributed by atoms with Crippen molar-refractivity contribution in [2.75, 3.05) is 19.6 Å². The fourth-order valence-electron chi connectivity index (χ4n) is 8.73. The predicted octanol–water partition coefficient (Wildman–Crippen LogP) is 5.94. The molecule has 3 saturated carbocycles. The lowest BCUT2D eigenvalue weighted by Gasteiger charge is -2.56. The van der Waals surface area contributed by atoms with E-state index in [0.29, 0.717) is 35.4 Å². The number of hydrogen-bond acceptors (Lipinski definition) is 4. The lowest BCUT2D eigenvalue weighted by molar-refractivity contribution is -0.152. The Morgan fingerprint density at radius 3 is 2.61 bits per heavy atom. The highest BCUT2D eigenvalue weighted by Gasteiger charge is 2.58. The predicted molar refractivity (Wildman–Crippen MR) is 131 cm³/mol. The van der Waals surface area contributed by atoms with E-state index in [1.807, 2.05) is 0 Å². The third-order valence-electron chi connectivity index (χ3n) is 10.7. The Balaban J connectivity index is 1.18. The smallest absolute Gasteiger partial charge is 0.307 e. The number of ether oxygens (including phenoxy) is 1. The van der Waals surface area contributed by atoms with E-state index >= 15 is 0 Å². The highest BCUT2D eigenvalue weighted by atomic mass is 16.5. The third kappa shape index (κ3) is 4.23. The zero-order valence-electron chi connectivity index (χ0n) is 21.5. The van der Waals surface area contributed by atoms with Gasteiger partial charge in [0.05, 0.1) is 6.42 Å². The molecule has 0 aromatic heterocycles. The summed E-state index contributed by atoms with van der Waals surface area (Å²) < 4.78 is 6.01. The molecule has 0 aromatic rings. The van der Waals surface area contributed by atoms with Gasteiger partial charge in [0.2, 0.25) is 0 Å². The second kappa shape index (κ2) is 8.50. The van der Waals surface area contributed by atoms with Gasteiger partial charge in [-0.25, -0.2) is 0 Å². The lowest BCUT2D eigenvalue weighted by Crippen LogP contribution is -2.50. The van der Waals surface area contributed by atoms with Gasteiger partial charge in [-0.15, -0.1) is 0 Å². The molecule has 184 valence electrons. The summed E-state index contributed by atoms with van der Waals surface area (Å²) in [6.07, 6.45) is 13.9. The average molecular weight is 456 g/mol. The van der Waals surface area contributed by atoms with E-state index in [-0.39, 0.29) is 22.9 Å². The van der Waals surface area contributed by atoms with Crippen LogP contribution >= 0.6 is 0 Å². The largest absolute Gasteiger partial charge is 0.462 e. The van der Waals surface area contributed by atoms with Gasteiger partial charge >= 0.3 is 5.97 Å². The summed E-state index contributed by atoms with van der Waals surface area (Å²) in [6.45, 7) is 12.4. The molecule has 5 aliphatic rings. The maximum absolute atomic E-state index is 12.7. The number of rotatable bonds is 4. The molecule has 0 amide bonds. The van der Waals surface area contributed by atoms with Gasteiger partial charge in [-0.05, 0) is 86.5 Å². The third-order valence-corrected chi connectivity index (χ3v) is 10.7. The number of Topliss-reactive ketones (excluding diaryl/α,β-unsaturated/α-hetero) is 1. The van der Waals surface area contributed by atoms with Crippen LogP contribution in [0.2, 0.25) is 0 Å². The minimum Gasteiger partial charge on any atom is -0.462 e. The lowest BCUT2D eigenvalue weighted by atomic mass is 9.48. The second-order valence-electron chi connectivity index (χ2n) is 13.3. The summed E-state index contributed by atoms with van der Waals surface area (Å²) in [6, 6.07) is 0. The highest BCUT2D eigenvalue weighted by molar-refractivity contribution is 5.87. The van der Waals surface area contributed by atoms with Gasteiger partial charge in [-0.2, -0.15) is 0 Å². The molecule has 0 aromatic carbocycles. The fraction of sp³-hybridized carbons (Fsp3) is 0.862. The molecule has 4 nitrogen and oxygen atoms in total. The van der Waals surface area contributed by atoms with E-state index in [1.165, 1.54) is 19.3 Å². The molecule has 1 heterocycles. The quantitative estimate of drug-likeness (QED) is 0.389. The molecular weight excluding hydrogens is 410 g/mol. The number of nitrogens with zero attached hydrogens (tertiary/aromatic N) is 1. The first-order chi connectivity index (χ1) is 15.6. The van der Waals surface area contributed by atoms with Crippen molar-refractivity contribution in [3.63, 3.8) is 0 Å². The molecule has 4 aliphatic carbocycles. The number of carbonyl (C=O) groups is 2. The van der Waals surface area contributed by atoms with E-state index in [2.05, 4.69) is 38.7 Å². The van der Waals surface area contributed by atoms with Gasteiger partial charge in [-0.1, -0.05) is 39.3 Å². The summed E-state index contributed by atoms with van der Waals surface area (Å²) in [5.74, 6) is 2.44. The van der Waals surface area contributed by atoms with Crippen molar-refractivity contribution in [3.05, 3.63) is 11.6 Å². The Morgan fingerprint density at radius 2 is 1.82 bits per heavy atom. The van der Waals surface area contributed by atoms with Crippen molar-refractivity contribution in [2.45, 2.75) is 104 Å². The van der Waals surface area contributed by atoms with Crippen LogP contribution in [0.25, 0.3) is 0 Å². The Kier molecular flexibility index (Phi) is 6.07. The topological polar surface area (TPSA) is 46.6 Å². The van der Waals surface area contributed by atoms with Crippen LogP contribution in [0.3, 0.4) is 0 Å². The number of likely N-dealkylation sites (tertiary alicyclic amines) is 1. The minimum absolute atomic E-state index is 0.0147. The van der Waals surface area contributed by atoms with Gasteiger partial charge in [-0.3, -0.25) is 9.59 Å². The standard InChI is InChI=1S/C29H45NO3/c1-27(2)13-5-16-30(19-27)17-12-26(32)33-21-10-14-28(3)20(18-21)6-7-22-23-8-9-25(31)29(23,4)15-11-24(22)28/h6,21-24H,5,7-19H2,1-4H3/t21-,22-,23+,24-,28+,29+/m1/s1.